The van der Waals surface area contributed by atoms with E-state index in [1.807, 2.05) is 30.7 Å². The van der Waals surface area contributed by atoms with Crippen molar-refractivity contribution in [3.63, 3.8) is 0 Å². The summed E-state index contributed by atoms with van der Waals surface area (Å²) in [4.78, 5) is 17.8. The molecule has 10 heteroatoms. The number of halogens is 1. The smallest absolute Gasteiger partial charge is 0.254 e. The Morgan fingerprint density at radius 1 is 1.32 bits per heavy atom. The SMILES string of the molecule is COC1(C)C(c2nnnn2C)=CC=CC1NC(=O)c1cc(-n2cnc(C3CC3)c2)c(C)cc1F. The first kappa shape index (κ1) is 22.1. The Morgan fingerprint density at radius 3 is 2.79 bits per heavy atom. The normalized spacial score (nSPS) is 22.0. The van der Waals surface area contributed by atoms with Gasteiger partial charge in [-0.1, -0.05) is 18.2 Å². The number of amides is 1. The van der Waals surface area contributed by atoms with Crippen LogP contribution in [-0.2, 0) is 11.8 Å². The Kier molecular flexibility index (Phi) is 5.40. The minimum absolute atomic E-state index is 0.0504. The largest absolute Gasteiger partial charge is 0.371 e. The van der Waals surface area contributed by atoms with Crippen LogP contribution in [0.15, 0.2) is 42.9 Å². The van der Waals surface area contributed by atoms with Gasteiger partial charge >= 0.3 is 0 Å². The number of aromatic nitrogens is 6. The van der Waals surface area contributed by atoms with Gasteiger partial charge in [-0.25, -0.2) is 14.1 Å². The molecule has 0 bridgehead atoms. The first-order valence-electron chi connectivity index (χ1n) is 11.1. The van der Waals surface area contributed by atoms with Crippen molar-refractivity contribution < 1.29 is 13.9 Å². The zero-order valence-corrected chi connectivity index (χ0v) is 19.5. The summed E-state index contributed by atoms with van der Waals surface area (Å²) in [5, 5.41) is 14.6. The number of imidazole rings is 1. The van der Waals surface area contributed by atoms with Crippen molar-refractivity contribution >= 4 is 11.5 Å². The third-order valence-corrected chi connectivity index (χ3v) is 6.67. The molecule has 1 amide bonds. The molecule has 34 heavy (non-hydrogen) atoms. The van der Waals surface area contributed by atoms with Gasteiger partial charge in [0.05, 0.1) is 29.3 Å². The highest BCUT2D eigenvalue weighted by Crippen LogP contribution is 2.39. The number of nitrogens with one attached hydrogen (secondary N) is 1. The third kappa shape index (κ3) is 3.73. The number of benzene rings is 1. The number of rotatable bonds is 6. The van der Waals surface area contributed by atoms with E-state index in [-0.39, 0.29) is 5.56 Å². The summed E-state index contributed by atoms with van der Waals surface area (Å²) < 4.78 is 24.2. The second-order valence-electron chi connectivity index (χ2n) is 8.95. The van der Waals surface area contributed by atoms with Crippen LogP contribution in [0, 0.1) is 12.7 Å². The Morgan fingerprint density at radius 2 is 2.12 bits per heavy atom. The summed E-state index contributed by atoms with van der Waals surface area (Å²) in [5.74, 6) is -0.116. The molecule has 1 aromatic carbocycles. The fraction of sp³-hybridized carbons (Fsp3) is 0.375. The quantitative estimate of drug-likeness (QED) is 0.604. The van der Waals surface area contributed by atoms with E-state index in [2.05, 4.69) is 25.8 Å². The van der Waals surface area contributed by atoms with Crippen molar-refractivity contribution in [1.29, 1.82) is 0 Å². The second-order valence-corrected chi connectivity index (χ2v) is 8.95. The Labute approximate surface area is 196 Å². The molecule has 2 heterocycles. The molecule has 0 radical (unpaired) electrons. The van der Waals surface area contributed by atoms with E-state index < -0.39 is 23.4 Å². The lowest BCUT2D eigenvalue weighted by atomic mass is 9.83. The number of hydrogen-bond acceptors (Lipinski definition) is 6. The minimum atomic E-state index is -0.972. The molecule has 1 saturated carbocycles. The van der Waals surface area contributed by atoms with Gasteiger partial charge < -0.3 is 14.6 Å². The van der Waals surface area contributed by atoms with Crippen molar-refractivity contribution in [1.82, 2.24) is 35.1 Å². The van der Waals surface area contributed by atoms with Gasteiger partial charge in [0.1, 0.15) is 11.4 Å². The van der Waals surface area contributed by atoms with E-state index in [0.717, 1.165) is 18.5 Å². The number of aryl methyl sites for hydroxylation is 2. The maximum Gasteiger partial charge on any atom is 0.254 e. The summed E-state index contributed by atoms with van der Waals surface area (Å²) >= 11 is 0. The number of ether oxygens (including phenoxy) is 1. The predicted octanol–water partition coefficient (Wildman–Crippen LogP) is 2.88. The van der Waals surface area contributed by atoms with Crippen LogP contribution in [0.1, 0.15) is 53.1 Å². The molecule has 3 aromatic rings. The first-order chi connectivity index (χ1) is 16.3. The van der Waals surface area contributed by atoms with Gasteiger partial charge in [0.15, 0.2) is 5.82 Å². The molecule has 1 N–H and O–H groups in total. The molecule has 0 spiro atoms. The lowest BCUT2D eigenvalue weighted by molar-refractivity contribution is 0.0339. The summed E-state index contributed by atoms with van der Waals surface area (Å²) in [6, 6.07) is 2.36. The number of hydrogen-bond donors (Lipinski definition) is 1. The van der Waals surface area contributed by atoms with Gasteiger partial charge in [-0.2, -0.15) is 0 Å². The van der Waals surface area contributed by atoms with Gasteiger partial charge in [0.25, 0.3) is 5.91 Å². The van der Waals surface area contributed by atoms with E-state index >= 15 is 0 Å². The number of nitrogens with zero attached hydrogens (tertiary/aromatic N) is 6. The standard InChI is InChI=1S/C24H26FN7O2/c1-14-10-18(25)16(11-20(14)32-12-19(26-13-32)15-8-9-15)23(33)27-21-7-5-6-17(24(21,2)34-4)22-28-29-30-31(22)3/h5-7,10-13,15,21H,8-9H2,1-4H3,(H,27,33). The summed E-state index contributed by atoms with van der Waals surface area (Å²) in [6.07, 6.45) is 11.4. The molecule has 0 saturated heterocycles. The van der Waals surface area contributed by atoms with Gasteiger partial charge in [0, 0.05) is 31.8 Å². The van der Waals surface area contributed by atoms with Crippen molar-refractivity contribution in [2.24, 2.45) is 7.05 Å². The fourth-order valence-electron chi connectivity index (χ4n) is 4.35. The van der Waals surface area contributed by atoms with Crippen molar-refractivity contribution in [3.8, 4) is 5.69 Å². The lowest BCUT2D eigenvalue weighted by Gasteiger charge is -2.38. The van der Waals surface area contributed by atoms with Gasteiger partial charge in [-0.15, -0.1) is 5.10 Å². The van der Waals surface area contributed by atoms with Crippen LogP contribution in [0.5, 0.6) is 0 Å². The van der Waals surface area contributed by atoms with Crippen molar-refractivity contribution in [2.75, 3.05) is 7.11 Å². The van der Waals surface area contributed by atoms with E-state index in [4.69, 9.17) is 4.74 Å². The van der Waals surface area contributed by atoms with Crippen LogP contribution in [0.4, 0.5) is 4.39 Å². The molecule has 176 valence electrons. The first-order valence-corrected chi connectivity index (χ1v) is 11.1. The highest BCUT2D eigenvalue weighted by Gasteiger charge is 2.42. The number of allylic oxidation sites excluding steroid dienone is 2. The van der Waals surface area contributed by atoms with Gasteiger partial charge in [0.2, 0.25) is 0 Å². The average Bonchev–Trinajstić information content (AvgIpc) is 3.40. The monoisotopic (exact) mass is 463 g/mol. The molecule has 5 rings (SSSR count). The second kappa shape index (κ2) is 8.28. The third-order valence-electron chi connectivity index (χ3n) is 6.67. The summed E-state index contributed by atoms with van der Waals surface area (Å²) in [6.45, 7) is 3.65. The van der Waals surface area contributed by atoms with Crippen LogP contribution in [0.3, 0.4) is 0 Å². The van der Waals surface area contributed by atoms with E-state index in [1.165, 1.54) is 10.7 Å². The Hall–Kier alpha value is -3.66. The predicted molar refractivity (Wildman–Crippen MR) is 123 cm³/mol. The zero-order valence-electron chi connectivity index (χ0n) is 19.5. The highest BCUT2D eigenvalue weighted by molar-refractivity contribution is 5.96. The van der Waals surface area contributed by atoms with Crippen LogP contribution < -0.4 is 5.32 Å². The molecule has 2 unspecified atom stereocenters. The van der Waals surface area contributed by atoms with Gasteiger partial charge in [-0.3, -0.25) is 4.79 Å². The minimum Gasteiger partial charge on any atom is -0.371 e. The molecule has 1 fully saturated rings. The molecular weight excluding hydrogens is 437 g/mol. The lowest BCUT2D eigenvalue weighted by Crippen LogP contribution is -2.53. The Balaban J connectivity index is 1.44. The maximum absolute atomic E-state index is 14.9. The number of tetrazole rings is 1. The topological polar surface area (TPSA) is 99.8 Å². The van der Waals surface area contributed by atoms with Crippen molar-refractivity contribution in [3.05, 3.63) is 71.3 Å². The molecule has 2 atom stereocenters. The van der Waals surface area contributed by atoms with Crippen molar-refractivity contribution in [2.45, 2.75) is 44.2 Å². The fourth-order valence-corrected chi connectivity index (χ4v) is 4.35. The average molecular weight is 464 g/mol. The molecule has 0 aliphatic heterocycles. The summed E-state index contributed by atoms with van der Waals surface area (Å²) in [5.41, 5.74) is 2.13. The van der Waals surface area contributed by atoms with Crippen LogP contribution in [-0.4, -0.2) is 54.4 Å². The number of carbonyl (C=O) groups is 1. The number of carbonyl (C=O) groups excluding carboxylic acids is 1. The van der Waals surface area contributed by atoms with Gasteiger partial charge in [-0.05, 0) is 54.8 Å². The molecular formula is C24H26FN7O2. The van der Waals surface area contributed by atoms with Crippen LogP contribution >= 0.6 is 0 Å². The van der Waals surface area contributed by atoms with E-state index in [9.17, 15) is 9.18 Å². The number of methoxy groups -OCH3 is 1. The van der Waals surface area contributed by atoms with E-state index in [0.29, 0.717) is 28.6 Å². The molecule has 2 aliphatic rings. The Bertz CT molecular complexity index is 1320. The molecule has 2 aliphatic carbocycles. The molecule has 2 aromatic heterocycles. The molecule has 9 nitrogen and oxygen atoms in total. The maximum atomic E-state index is 14.9. The highest BCUT2D eigenvalue weighted by atomic mass is 19.1. The summed E-state index contributed by atoms with van der Waals surface area (Å²) in [7, 11) is 3.28. The van der Waals surface area contributed by atoms with Crippen LogP contribution in [0.2, 0.25) is 0 Å². The van der Waals surface area contributed by atoms with Crippen LogP contribution in [0.25, 0.3) is 11.3 Å². The van der Waals surface area contributed by atoms with E-state index in [1.54, 1.807) is 38.7 Å². The zero-order chi connectivity index (χ0) is 24.0.